The summed E-state index contributed by atoms with van der Waals surface area (Å²) in [5.74, 6) is -0.00986. The summed E-state index contributed by atoms with van der Waals surface area (Å²) in [4.78, 5) is 20.0. The van der Waals surface area contributed by atoms with E-state index in [1.54, 1.807) is 25.2 Å². The van der Waals surface area contributed by atoms with E-state index in [1.165, 1.54) is 0 Å². The van der Waals surface area contributed by atoms with Gasteiger partial charge >= 0.3 is 0 Å². The Morgan fingerprint density at radius 2 is 2.00 bits per heavy atom. The zero-order chi connectivity index (χ0) is 13.3. The largest absolute Gasteiger partial charge is 0.379 e. The SMILES string of the molecule is CN(C)C(=O)C1N=CC=C(N(C)C)C1OC1CC1. The number of hydrogen-bond donors (Lipinski definition) is 0. The Morgan fingerprint density at radius 3 is 2.50 bits per heavy atom. The number of rotatable bonds is 4. The number of carbonyl (C=O) groups excluding carboxylic acids is 1. The van der Waals surface area contributed by atoms with E-state index in [2.05, 4.69) is 4.99 Å². The minimum absolute atomic E-state index is 0.00986. The van der Waals surface area contributed by atoms with Gasteiger partial charge in [-0.1, -0.05) is 0 Å². The van der Waals surface area contributed by atoms with E-state index in [-0.39, 0.29) is 12.0 Å². The van der Waals surface area contributed by atoms with Gasteiger partial charge in [0.05, 0.1) is 6.10 Å². The molecule has 100 valence electrons. The van der Waals surface area contributed by atoms with Gasteiger partial charge in [-0.05, 0) is 18.9 Å². The molecule has 1 saturated carbocycles. The molecule has 1 aliphatic heterocycles. The van der Waals surface area contributed by atoms with E-state index in [4.69, 9.17) is 4.74 Å². The minimum Gasteiger partial charge on any atom is -0.379 e. The first kappa shape index (κ1) is 13.1. The van der Waals surface area contributed by atoms with Gasteiger partial charge in [0.25, 0.3) is 0 Å². The van der Waals surface area contributed by atoms with E-state index in [0.717, 1.165) is 18.5 Å². The number of carbonyl (C=O) groups is 1. The van der Waals surface area contributed by atoms with Gasteiger partial charge in [-0.3, -0.25) is 9.79 Å². The normalized spacial score (nSPS) is 26.8. The summed E-state index contributed by atoms with van der Waals surface area (Å²) >= 11 is 0. The summed E-state index contributed by atoms with van der Waals surface area (Å²) in [5, 5.41) is 0. The highest BCUT2D eigenvalue weighted by Gasteiger charge is 2.38. The fraction of sp³-hybridized carbons (Fsp3) is 0.692. The molecule has 2 rings (SSSR count). The summed E-state index contributed by atoms with van der Waals surface area (Å²) in [6, 6.07) is -0.456. The topological polar surface area (TPSA) is 45.1 Å². The van der Waals surface area contributed by atoms with E-state index in [1.807, 2.05) is 25.1 Å². The molecule has 2 aliphatic rings. The van der Waals surface area contributed by atoms with Gasteiger partial charge in [0, 0.05) is 40.1 Å². The molecule has 0 radical (unpaired) electrons. The molecule has 0 spiro atoms. The van der Waals surface area contributed by atoms with Gasteiger partial charge in [-0.15, -0.1) is 0 Å². The first-order chi connectivity index (χ1) is 8.50. The average Bonchev–Trinajstić information content (AvgIpc) is 3.11. The van der Waals surface area contributed by atoms with Gasteiger partial charge in [0.1, 0.15) is 6.10 Å². The summed E-state index contributed by atoms with van der Waals surface area (Å²) < 4.78 is 5.99. The number of nitrogens with zero attached hydrogens (tertiary/aromatic N) is 3. The van der Waals surface area contributed by atoms with E-state index < -0.39 is 6.04 Å². The van der Waals surface area contributed by atoms with Crippen LogP contribution in [0.5, 0.6) is 0 Å². The molecule has 0 aromatic rings. The molecule has 18 heavy (non-hydrogen) atoms. The predicted octanol–water partition coefficient (Wildman–Crippen LogP) is 0.521. The van der Waals surface area contributed by atoms with Gasteiger partial charge in [-0.25, -0.2) is 0 Å². The van der Waals surface area contributed by atoms with Crippen LogP contribution in [-0.4, -0.2) is 68.4 Å². The van der Waals surface area contributed by atoms with Crippen LogP contribution in [0.2, 0.25) is 0 Å². The number of likely N-dealkylation sites (N-methyl/N-ethyl adjacent to an activating group) is 2. The second kappa shape index (κ2) is 5.10. The second-order valence-electron chi connectivity index (χ2n) is 5.22. The molecule has 1 heterocycles. The fourth-order valence-corrected chi connectivity index (χ4v) is 1.96. The molecule has 5 nitrogen and oxygen atoms in total. The zero-order valence-electron chi connectivity index (χ0n) is 11.5. The number of ether oxygens (including phenoxy) is 1. The average molecular weight is 251 g/mol. The monoisotopic (exact) mass is 251 g/mol. The Hall–Kier alpha value is -1.36. The lowest BCUT2D eigenvalue weighted by molar-refractivity contribution is -0.133. The maximum Gasteiger partial charge on any atom is 0.249 e. The lowest BCUT2D eigenvalue weighted by Crippen LogP contribution is -2.46. The third-order valence-corrected chi connectivity index (χ3v) is 3.14. The Bertz CT molecular complexity index is 384. The highest BCUT2D eigenvalue weighted by atomic mass is 16.5. The van der Waals surface area contributed by atoms with E-state index in [9.17, 15) is 4.79 Å². The Balaban J connectivity index is 2.19. The Kier molecular flexibility index (Phi) is 3.71. The van der Waals surface area contributed by atoms with Crippen LogP contribution >= 0.6 is 0 Å². The number of hydrogen-bond acceptors (Lipinski definition) is 4. The third-order valence-electron chi connectivity index (χ3n) is 3.14. The molecule has 0 aromatic heterocycles. The Morgan fingerprint density at radius 1 is 1.33 bits per heavy atom. The van der Waals surface area contributed by atoms with Crippen molar-refractivity contribution in [1.82, 2.24) is 9.80 Å². The molecule has 0 bridgehead atoms. The molecule has 0 aromatic carbocycles. The highest BCUT2D eigenvalue weighted by Crippen LogP contribution is 2.30. The molecule has 1 fully saturated rings. The van der Waals surface area contributed by atoms with Crippen molar-refractivity contribution in [3.63, 3.8) is 0 Å². The van der Waals surface area contributed by atoms with Crippen LogP contribution in [0.25, 0.3) is 0 Å². The lowest BCUT2D eigenvalue weighted by atomic mass is 10.0. The van der Waals surface area contributed by atoms with Crippen LogP contribution in [0.1, 0.15) is 12.8 Å². The van der Waals surface area contributed by atoms with Crippen molar-refractivity contribution in [2.24, 2.45) is 4.99 Å². The highest BCUT2D eigenvalue weighted by molar-refractivity contribution is 5.87. The van der Waals surface area contributed by atoms with Crippen molar-refractivity contribution in [3.8, 4) is 0 Å². The van der Waals surface area contributed by atoms with Crippen molar-refractivity contribution in [2.45, 2.75) is 31.1 Å². The standard InChI is InChI=1S/C13H21N3O2/c1-15(2)10-7-8-14-11(13(17)16(3)4)12(10)18-9-5-6-9/h7-9,11-12H,5-6H2,1-4H3. The van der Waals surface area contributed by atoms with Gasteiger partial charge in [0.2, 0.25) is 5.91 Å². The second-order valence-corrected chi connectivity index (χ2v) is 5.22. The van der Waals surface area contributed by atoms with E-state index >= 15 is 0 Å². The first-order valence-electron chi connectivity index (χ1n) is 6.28. The summed E-state index contributed by atoms with van der Waals surface area (Å²) in [6.07, 6.45) is 5.84. The predicted molar refractivity (Wildman–Crippen MR) is 70.6 cm³/mol. The Labute approximate surface area is 108 Å². The van der Waals surface area contributed by atoms with Crippen LogP contribution in [0.3, 0.4) is 0 Å². The molecule has 1 amide bonds. The zero-order valence-corrected chi connectivity index (χ0v) is 11.5. The van der Waals surface area contributed by atoms with Crippen molar-refractivity contribution in [1.29, 1.82) is 0 Å². The number of amides is 1. The molecular formula is C13H21N3O2. The third kappa shape index (κ3) is 2.72. The van der Waals surface area contributed by atoms with Crippen LogP contribution in [0, 0.1) is 0 Å². The number of allylic oxidation sites excluding steroid dienone is 1. The smallest absolute Gasteiger partial charge is 0.249 e. The molecule has 0 N–H and O–H groups in total. The van der Waals surface area contributed by atoms with Crippen LogP contribution in [0.15, 0.2) is 16.8 Å². The molecule has 0 saturated heterocycles. The minimum atomic E-state index is -0.456. The molecule has 5 heteroatoms. The van der Waals surface area contributed by atoms with Crippen LogP contribution < -0.4 is 0 Å². The summed E-state index contributed by atoms with van der Waals surface area (Å²) in [5.41, 5.74) is 1.01. The molecule has 2 atom stereocenters. The van der Waals surface area contributed by atoms with Crippen molar-refractivity contribution in [3.05, 3.63) is 11.8 Å². The van der Waals surface area contributed by atoms with Crippen molar-refractivity contribution in [2.75, 3.05) is 28.2 Å². The van der Waals surface area contributed by atoms with Gasteiger partial charge < -0.3 is 14.5 Å². The fourth-order valence-electron chi connectivity index (χ4n) is 1.96. The van der Waals surface area contributed by atoms with Crippen LogP contribution in [0.4, 0.5) is 0 Å². The van der Waals surface area contributed by atoms with Gasteiger partial charge in [0.15, 0.2) is 6.04 Å². The lowest BCUT2D eigenvalue weighted by Gasteiger charge is -2.33. The maximum atomic E-state index is 12.2. The maximum absolute atomic E-state index is 12.2. The number of aliphatic imine (C=N–C) groups is 1. The molecule has 1 aliphatic carbocycles. The van der Waals surface area contributed by atoms with Crippen molar-refractivity contribution < 1.29 is 9.53 Å². The number of dihydropyridines is 1. The molecular weight excluding hydrogens is 230 g/mol. The first-order valence-corrected chi connectivity index (χ1v) is 6.28. The summed E-state index contributed by atoms with van der Waals surface area (Å²) in [7, 11) is 7.43. The van der Waals surface area contributed by atoms with Crippen LogP contribution in [-0.2, 0) is 9.53 Å². The molecule has 2 unspecified atom stereocenters. The van der Waals surface area contributed by atoms with Crippen molar-refractivity contribution >= 4 is 12.1 Å². The van der Waals surface area contributed by atoms with E-state index in [0.29, 0.717) is 6.10 Å². The quantitative estimate of drug-likeness (QED) is 0.732. The summed E-state index contributed by atoms with van der Waals surface area (Å²) in [6.45, 7) is 0. The van der Waals surface area contributed by atoms with Gasteiger partial charge in [-0.2, -0.15) is 0 Å².